The third kappa shape index (κ3) is 4.17. The number of hydrogen-bond acceptors (Lipinski definition) is 5. The average molecular weight is 288 g/mol. The Morgan fingerprint density at radius 2 is 2.00 bits per heavy atom. The SMILES string of the molecule is Cc1ccc(N)c(C)c1S(=O)(=O)NCCOCCO. The molecule has 0 fully saturated rings. The second-order valence-corrected chi connectivity index (χ2v) is 5.86. The van der Waals surface area contributed by atoms with Gasteiger partial charge in [-0.25, -0.2) is 13.1 Å². The van der Waals surface area contributed by atoms with Gasteiger partial charge in [0.1, 0.15) is 0 Å². The molecule has 0 aromatic heterocycles. The smallest absolute Gasteiger partial charge is 0.241 e. The highest BCUT2D eigenvalue weighted by Crippen LogP contribution is 2.24. The van der Waals surface area contributed by atoms with E-state index < -0.39 is 10.0 Å². The van der Waals surface area contributed by atoms with Crippen molar-refractivity contribution in [3.8, 4) is 0 Å². The summed E-state index contributed by atoms with van der Waals surface area (Å²) in [6.07, 6.45) is 0. The summed E-state index contributed by atoms with van der Waals surface area (Å²) in [5.74, 6) is 0. The molecule has 0 atom stereocenters. The highest BCUT2D eigenvalue weighted by Gasteiger charge is 2.20. The third-order valence-electron chi connectivity index (χ3n) is 2.69. The first-order valence-electron chi connectivity index (χ1n) is 5.94. The highest BCUT2D eigenvalue weighted by molar-refractivity contribution is 7.89. The maximum Gasteiger partial charge on any atom is 0.241 e. The molecule has 108 valence electrons. The molecule has 0 saturated carbocycles. The number of anilines is 1. The molecule has 1 aromatic carbocycles. The topological polar surface area (TPSA) is 102 Å². The molecule has 6 nitrogen and oxygen atoms in total. The fraction of sp³-hybridized carbons (Fsp3) is 0.500. The molecule has 19 heavy (non-hydrogen) atoms. The molecule has 0 aliphatic rings. The Kier molecular flexibility index (Phi) is 5.74. The lowest BCUT2D eigenvalue weighted by Gasteiger charge is -2.13. The lowest BCUT2D eigenvalue weighted by atomic mass is 10.1. The summed E-state index contributed by atoms with van der Waals surface area (Å²) >= 11 is 0. The second kappa shape index (κ2) is 6.85. The van der Waals surface area contributed by atoms with E-state index in [-0.39, 0.29) is 31.3 Å². The van der Waals surface area contributed by atoms with Crippen LogP contribution in [0.3, 0.4) is 0 Å². The molecule has 0 bridgehead atoms. The van der Waals surface area contributed by atoms with E-state index in [4.69, 9.17) is 15.6 Å². The Balaban J connectivity index is 2.81. The van der Waals surface area contributed by atoms with Crippen LogP contribution in [0.5, 0.6) is 0 Å². The summed E-state index contributed by atoms with van der Waals surface area (Å²) in [7, 11) is -3.60. The van der Waals surface area contributed by atoms with Gasteiger partial charge in [-0.2, -0.15) is 0 Å². The zero-order chi connectivity index (χ0) is 14.5. The van der Waals surface area contributed by atoms with Gasteiger partial charge in [-0.15, -0.1) is 0 Å². The minimum absolute atomic E-state index is 0.0831. The van der Waals surface area contributed by atoms with Gasteiger partial charge in [-0.05, 0) is 31.0 Å². The van der Waals surface area contributed by atoms with Crippen LogP contribution in [0.25, 0.3) is 0 Å². The molecule has 1 aromatic rings. The van der Waals surface area contributed by atoms with Crippen LogP contribution in [0.4, 0.5) is 5.69 Å². The minimum Gasteiger partial charge on any atom is -0.398 e. The van der Waals surface area contributed by atoms with Gasteiger partial charge in [-0.3, -0.25) is 0 Å². The van der Waals surface area contributed by atoms with Crippen LogP contribution in [-0.2, 0) is 14.8 Å². The number of hydrogen-bond donors (Lipinski definition) is 3. The summed E-state index contributed by atoms with van der Waals surface area (Å²) in [6.45, 7) is 3.87. The number of aryl methyl sites for hydroxylation is 1. The van der Waals surface area contributed by atoms with Crippen molar-refractivity contribution < 1.29 is 18.3 Å². The van der Waals surface area contributed by atoms with Gasteiger partial charge in [0, 0.05) is 12.2 Å². The molecule has 0 spiro atoms. The molecule has 0 radical (unpaired) electrons. The molecule has 0 unspecified atom stereocenters. The van der Waals surface area contributed by atoms with E-state index in [1.807, 2.05) is 0 Å². The Labute approximate surface area is 113 Å². The third-order valence-corrected chi connectivity index (χ3v) is 4.44. The van der Waals surface area contributed by atoms with Gasteiger partial charge in [0.15, 0.2) is 0 Å². The van der Waals surface area contributed by atoms with E-state index in [2.05, 4.69) is 4.72 Å². The number of nitrogens with two attached hydrogens (primary N) is 1. The monoisotopic (exact) mass is 288 g/mol. The molecule has 0 saturated heterocycles. The maximum atomic E-state index is 12.2. The number of sulfonamides is 1. The fourth-order valence-corrected chi connectivity index (χ4v) is 3.25. The van der Waals surface area contributed by atoms with E-state index in [0.29, 0.717) is 16.8 Å². The molecule has 7 heteroatoms. The van der Waals surface area contributed by atoms with Crippen molar-refractivity contribution in [2.45, 2.75) is 18.7 Å². The molecular formula is C12H20N2O4S. The Morgan fingerprint density at radius 3 is 2.63 bits per heavy atom. The normalized spacial score (nSPS) is 11.7. The van der Waals surface area contributed by atoms with E-state index in [0.717, 1.165) is 0 Å². The maximum absolute atomic E-state index is 12.2. The first-order valence-corrected chi connectivity index (χ1v) is 7.42. The van der Waals surface area contributed by atoms with Gasteiger partial charge >= 0.3 is 0 Å². The van der Waals surface area contributed by atoms with Crippen LogP contribution in [0.1, 0.15) is 11.1 Å². The quantitative estimate of drug-likeness (QED) is 0.490. The van der Waals surface area contributed by atoms with Crippen molar-refractivity contribution >= 4 is 15.7 Å². The molecule has 0 heterocycles. The van der Waals surface area contributed by atoms with E-state index >= 15 is 0 Å². The summed E-state index contributed by atoms with van der Waals surface area (Å²) < 4.78 is 31.8. The first-order chi connectivity index (χ1) is 8.90. The molecule has 1 rings (SSSR count). The van der Waals surface area contributed by atoms with Gasteiger partial charge in [0.2, 0.25) is 10.0 Å². The number of rotatable bonds is 7. The fourth-order valence-electron chi connectivity index (χ4n) is 1.74. The molecule has 0 aliphatic heterocycles. The molecule has 0 amide bonds. The summed E-state index contributed by atoms with van der Waals surface area (Å²) in [5.41, 5.74) is 7.38. The average Bonchev–Trinajstić information content (AvgIpc) is 2.34. The summed E-state index contributed by atoms with van der Waals surface area (Å²) in [4.78, 5) is 0.217. The number of ether oxygens (including phenoxy) is 1. The van der Waals surface area contributed by atoms with E-state index in [1.165, 1.54) is 0 Å². The zero-order valence-corrected chi connectivity index (χ0v) is 12.0. The van der Waals surface area contributed by atoms with Crippen LogP contribution in [0, 0.1) is 13.8 Å². The van der Waals surface area contributed by atoms with Crippen LogP contribution in [0.2, 0.25) is 0 Å². The van der Waals surface area contributed by atoms with Crippen molar-refractivity contribution in [3.63, 3.8) is 0 Å². The standard InChI is InChI=1S/C12H20N2O4S/c1-9-3-4-11(13)10(2)12(9)19(16,17)14-5-7-18-8-6-15/h3-4,14-15H,5-8,13H2,1-2H3. The summed E-state index contributed by atoms with van der Waals surface area (Å²) in [5, 5.41) is 8.53. The van der Waals surface area contributed by atoms with Crippen molar-refractivity contribution in [1.82, 2.24) is 4.72 Å². The molecule has 4 N–H and O–H groups in total. The number of nitrogen functional groups attached to an aromatic ring is 1. The van der Waals surface area contributed by atoms with Crippen molar-refractivity contribution in [2.75, 3.05) is 32.1 Å². The van der Waals surface area contributed by atoms with Crippen LogP contribution < -0.4 is 10.5 Å². The van der Waals surface area contributed by atoms with E-state index in [1.54, 1.807) is 26.0 Å². The van der Waals surface area contributed by atoms with Crippen molar-refractivity contribution in [1.29, 1.82) is 0 Å². The zero-order valence-electron chi connectivity index (χ0n) is 11.1. The van der Waals surface area contributed by atoms with Gasteiger partial charge in [0.25, 0.3) is 0 Å². The number of nitrogens with one attached hydrogen (secondary N) is 1. The largest absolute Gasteiger partial charge is 0.398 e. The minimum atomic E-state index is -3.60. The number of benzene rings is 1. The van der Waals surface area contributed by atoms with Gasteiger partial charge in [0.05, 0.1) is 24.7 Å². The predicted molar refractivity (Wildman–Crippen MR) is 73.4 cm³/mol. The first kappa shape index (κ1) is 15.9. The lowest BCUT2D eigenvalue weighted by molar-refractivity contribution is 0.0961. The van der Waals surface area contributed by atoms with Crippen LogP contribution in [0.15, 0.2) is 17.0 Å². The molecule has 0 aliphatic carbocycles. The second-order valence-electron chi connectivity index (χ2n) is 4.16. The highest BCUT2D eigenvalue weighted by atomic mass is 32.2. The van der Waals surface area contributed by atoms with Crippen molar-refractivity contribution in [2.24, 2.45) is 0 Å². The summed E-state index contributed by atoms with van der Waals surface area (Å²) in [6, 6.07) is 3.37. The van der Waals surface area contributed by atoms with Crippen LogP contribution >= 0.6 is 0 Å². The van der Waals surface area contributed by atoms with E-state index in [9.17, 15) is 8.42 Å². The van der Waals surface area contributed by atoms with Crippen LogP contribution in [-0.4, -0.2) is 39.9 Å². The number of aliphatic hydroxyl groups is 1. The van der Waals surface area contributed by atoms with Gasteiger partial charge < -0.3 is 15.6 Å². The van der Waals surface area contributed by atoms with Crippen molar-refractivity contribution in [3.05, 3.63) is 23.3 Å². The Hall–Kier alpha value is -1.15. The Morgan fingerprint density at radius 1 is 1.32 bits per heavy atom. The Bertz CT molecular complexity index is 529. The lowest BCUT2D eigenvalue weighted by Crippen LogP contribution is -2.29. The molecular weight excluding hydrogens is 268 g/mol. The number of aliphatic hydroxyl groups excluding tert-OH is 1. The predicted octanol–water partition coefficient (Wildman–Crippen LogP) is 0.173. The van der Waals surface area contributed by atoms with Gasteiger partial charge in [-0.1, -0.05) is 6.07 Å².